The van der Waals surface area contributed by atoms with Crippen molar-refractivity contribution in [3.8, 4) is 0 Å². The number of hydrogen-bond donors (Lipinski definition) is 0. The van der Waals surface area contributed by atoms with Gasteiger partial charge in [-0.1, -0.05) is 130 Å². The third-order valence-electron chi connectivity index (χ3n) is 6.92. The summed E-state index contributed by atoms with van der Waals surface area (Å²) < 4.78 is 0. The summed E-state index contributed by atoms with van der Waals surface area (Å²) in [6, 6.07) is 0. The van der Waals surface area contributed by atoms with Crippen molar-refractivity contribution < 1.29 is 0 Å². The van der Waals surface area contributed by atoms with Gasteiger partial charge in [-0.05, 0) is 31.6 Å². The molecule has 0 aliphatic heterocycles. The van der Waals surface area contributed by atoms with Crippen LogP contribution in [-0.2, 0) is 0 Å². The molecule has 1 heteroatoms. The van der Waals surface area contributed by atoms with Gasteiger partial charge in [0.1, 0.15) is 0 Å². The fraction of sp³-hybridized carbons (Fsp3) is 1.00. The lowest BCUT2D eigenvalue weighted by atomic mass is 9.68. The molecule has 0 aliphatic carbocycles. The summed E-state index contributed by atoms with van der Waals surface area (Å²) in [6.07, 6.45) is 25.9. The van der Waals surface area contributed by atoms with Gasteiger partial charge in [0, 0.05) is 4.87 Å². The van der Waals surface area contributed by atoms with Crippen LogP contribution in [0.15, 0.2) is 0 Å². The molecule has 0 aliphatic rings. The van der Waals surface area contributed by atoms with Crippen LogP contribution in [-0.4, -0.2) is 4.87 Å². The molecule has 0 bridgehead atoms. The first-order chi connectivity index (χ1) is 12.9. The molecule has 0 aromatic heterocycles. The van der Waals surface area contributed by atoms with Crippen LogP contribution in [0.1, 0.15) is 157 Å². The summed E-state index contributed by atoms with van der Waals surface area (Å²) in [7, 11) is 0. The van der Waals surface area contributed by atoms with Gasteiger partial charge in [-0.15, -0.1) is 11.6 Å². The van der Waals surface area contributed by atoms with Gasteiger partial charge in [0.15, 0.2) is 0 Å². The first-order valence-electron chi connectivity index (χ1n) is 12.6. The summed E-state index contributed by atoms with van der Waals surface area (Å²) >= 11 is 7.22. The lowest BCUT2D eigenvalue weighted by Gasteiger charge is -2.43. The molecule has 0 fully saturated rings. The first-order valence-corrected chi connectivity index (χ1v) is 13.0. The lowest BCUT2D eigenvalue weighted by Crippen LogP contribution is -2.39. The van der Waals surface area contributed by atoms with Gasteiger partial charge in [-0.25, -0.2) is 0 Å². The Hall–Kier alpha value is 0.290. The van der Waals surface area contributed by atoms with Crippen molar-refractivity contribution >= 4 is 11.6 Å². The van der Waals surface area contributed by atoms with Crippen molar-refractivity contribution in [1.29, 1.82) is 0 Å². The predicted molar refractivity (Wildman–Crippen MR) is 127 cm³/mol. The van der Waals surface area contributed by atoms with Crippen molar-refractivity contribution in [2.24, 2.45) is 5.41 Å². The SMILES string of the molecule is CCCCCCCCCCC(C)(Cl)C(C)(CCCC)CCCCCCCC. The van der Waals surface area contributed by atoms with Crippen molar-refractivity contribution in [3.05, 3.63) is 0 Å². The maximum Gasteiger partial charge on any atom is 0.0472 e. The highest BCUT2D eigenvalue weighted by molar-refractivity contribution is 6.24. The maximum absolute atomic E-state index is 7.22. The van der Waals surface area contributed by atoms with Crippen molar-refractivity contribution in [3.63, 3.8) is 0 Å². The maximum atomic E-state index is 7.22. The normalized spacial score (nSPS) is 16.2. The fourth-order valence-electron chi connectivity index (χ4n) is 4.40. The van der Waals surface area contributed by atoms with Crippen molar-refractivity contribution in [1.82, 2.24) is 0 Å². The fourth-order valence-corrected chi connectivity index (χ4v) is 4.72. The molecule has 0 aromatic rings. The second-order valence-corrected chi connectivity index (χ2v) is 10.4. The van der Waals surface area contributed by atoms with Crippen LogP contribution in [0, 0.1) is 5.41 Å². The number of alkyl halides is 1. The van der Waals surface area contributed by atoms with Crippen LogP contribution in [0.25, 0.3) is 0 Å². The Labute approximate surface area is 178 Å². The third-order valence-corrected chi connectivity index (χ3v) is 7.57. The largest absolute Gasteiger partial charge is 0.119 e. The minimum Gasteiger partial charge on any atom is -0.119 e. The molecule has 0 aromatic carbocycles. The van der Waals surface area contributed by atoms with Gasteiger partial charge in [-0.2, -0.15) is 0 Å². The van der Waals surface area contributed by atoms with Gasteiger partial charge in [0.05, 0.1) is 0 Å². The highest BCUT2D eigenvalue weighted by Gasteiger charge is 2.41. The topological polar surface area (TPSA) is 0 Å². The molecule has 164 valence electrons. The van der Waals surface area contributed by atoms with E-state index in [2.05, 4.69) is 34.6 Å². The molecule has 0 spiro atoms. The van der Waals surface area contributed by atoms with E-state index in [0.29, 0.717) is 5.41 Å². The van der Waals surface area contributed by atoms with E-state index in [4.69, 9.17) is 11.6 Å². The van der Waals surface area contributed by atoms with E-state index in [0.717, 1.165) is 0 Å². The van der Waals surface area contributed by atoms with Crippen molar-refractivity contribution in [2.75, 3.05) is 0 Å². The van der Waals surface area contributed by atoms with Crippen LogP contribution in [0.4, 0.5) is 0 Å². The van der Waals surface area contributed by atoms with E-state index in [9.17, 15) is 0 Å². The Morgan fingerprint density at radius 1 is 0.444 bits per heavy atom. The highest BCUT2D eigenvalue weighted by Crippen LogP contribution is 2.48. The molecule has 0 amide bonds. The minimum absolute atomic E-state index is 0.0339. The molecule has 0 radical (unpaired) electrons. The smallest absolute Gasteiger partial charge is 0.0472 e. The molecule has 0 saturated carbocycles. The highest BCUT2D eigenvalue weighted by atomic mass is 35.5. The molecular formula is C26H53Cl. The van der Waals surface area contributed by atoms with Crippen LogP contribution in [0.5, 0.6) is 0 Å². The minimum atomic E-state index is -0.0339. The number of hydrogen-bond acceptors (Lipinski definition) is 0. The Morgan fingerprint density at radius 3 is 1.22 bits per heavy atom. The Morgan fingerprint density at radius 2 is 0.778 bits per heavy atom. The molecule has 0 N–H and O–H groups in total. The second-order valence-electron chi connectivity index (χ2n) is 9.60. The predicted octanol–water partition coefficient (Wildman–Crippen LogP) is 10.5. The summed E-state index contributed by atoms with van der Waals surface area (Å²) in [5.41, 5.74) is 0.302. The summed E-state index contributed by atoms with van der Waals surface area (Å²) in [5, 5.41) is 0. The Kier molecular flexibility index (Phi) is 17.4. The second kappa shape index (κ2) is 17.2. The van der Waals surface area contributed by atoms with Crippen LogP contribution in [0.3, 0.4) is 0 Å². The average Bonchev–Trinajstić information content (AvgIpc) is 2.65. The summed E-state index contributed by atoms with van der Waals surface area (Å²) in [4.78, 5) is -0.0339. The van der Waals surface area contributed by atoms with E-state index in [1.165, 1.54) is 122 Å². The van der Waals surface area contributed by atoms with Gasteiger partial charge >= 0.3 is 0 Å². The molecule has 2 unspecified atom stereocenters. The standard InChI is InChI=1S/C26H53Cl/c1-6-9-12-14-16-17-19-21-24-26(5,27)25(4,22-11-8-3)23-20-18-15-13-10-7-2/h6-24H2,1-5H3. The molecule has 0 rings (SSSR count). The zero-order valence-electron chi connectivity index (χ0n) is 19.8. The lowest BCUT2D eigenvalue weighted by molar-refractivity contribution is 0.167. The molecule has 0 nitrogen and oxygen atoms in total. The van der Waals surface area contributed by atoms with E-state index >= 15 is 0 Å². The zero-order chi connectivity index (χ0) is 20.4. The zero-order valence-corrected chi connectivity index (χ0v) is 20.6. The number of rotatable bonds is 20. The summed E-state index contributed by atoms with van der Waals surface area (Å²) in [6.45, 7) is 11.7. The summed E-state index contributed by atoms with van der Waals surface area (Å²) in [5.74, 6) is 0. The van der Waals surface area contributed by atoms with Gasteiger partial charge < -0.3 is 0 Å². The quantitative estimate of drug-likeness (QED) is 0.141. The number of unbranched alkanes of at least 4 members (excludes halogenated alkanes) is 13. The van der Waals surface area contributed by atoms with Crippen LogP contribution in [0.2, 0.25) is 0 Å². The van der Waals surface area contributed by atoms with Crippen LogP contribution < -0.4 is 0 Å². The van der Waals surface area contributed by atoms with E-state index in [-0.39, 0.29) is 4.87 Å². The molecule has 0 heterocycles. The van der Waals surface area contributed by atoms with Crippen LogP contribution >= 0.6 is 11.6 Å². The average molecular weight is 401 g/mol. The monoisotopic (exact) mass is 400 g/mol. The molecule has 0 saturated heterocycles. The first kappa shape index (κ1) is 27.3. The van der Waals surface area contributed by atoms with Gasteiger partial charge in [-0.3, -0.25) is 0 Å². The molecule has 27 heavy (non-hydrogen) atoms. The molecular weight excluding hydrogens is 348 g/mol. The van der Waals surface area contributed by atoms with E-state index in [1.54, 1.807) is 0 Å². The van der Waals surface area contributed by atoms with Gasteiger partial charge in [0.2, 0.25) is 0 Å². The van der Waals surface area contributed by atoms with Gasteiger partial charge in [0.25, 0.3) is 0 Å². The third kappa shape index (κ3) is 13.2. The Bertz CT molecular complexity index is 309. The Balaban J connectivity index is 4.26. The number of halogens is 1. The van der Waals surface area contributed by atoms with E-state index in [1.807, 2.05) is 0 Å². The van der Waals surface area contributed by atoms with Crippen molar-refractivity contribution in [2.45, 2.75) is 161 Å². The van der Waals surface area contributed by atoms with E-state index < -0.39 is 0 Å². The molecule has 2 atom stereocenters.